The van der Waals surface area contributed by atoms with Gasteiger partial charge in [-0.1, -0.05) is 59.8 Å². The van der Waals surface area contributed by atoms with Gasteiger partial charge in [0.2, 0.25) is 0 Å². The zero-order valence-corrected chi connectivity index (χ0v) is 14.0. The molecule has 0 aliphatic heterocycles. The average Bonchev–Trinajstić information content (AvgIpc) is 3.00. The molecule has 1 aromatic heterocycles. The molecule has 1 N–H and O–H groups in total. The first-order valence-electron chi connectivity index (χ1n) is 7.57. The lowest BCUT2D eigenvalue weighted by molar-refractivity contribution is -0.136. The molecule has 0 bridgehead atoms. The van der Waals surface area contributed by atoms with Gasteiger partial charge in [-0.3, -0.25) is 9.36 Å². The van der Waals surface area contributed by atoms with Gasteiger partial charge in [-0.25, -0.2) is 0 Å². The molecule has 3 rings (SSSR count). The molecule has 3 aromatic rings. The van der Waals surface area contributed by atoms with Crippen LogP contribution in [0.25, 0.3) is 17.1 Å². The maximum Gasteiger partial charge on any atom is 0.304 e. The Balaban J connectivity index is 2.01. The van der Waals surface area contributed by atoms with E-state index in [0.29, 0.717) is 10.9 Å². The van der Waals surface area contributed by atoms with Crippen LogP contribution in [0.5, 0.6) is 0 Å². The van der Waals surface area contributed by atoms with Gasteiger partial charge in [0.1, 0.15) is 0 Å². The van der Waals surface area contributed by atoms with E-state index in [1.165, 1.54) is 17.3 Å². The van der Waals surface area contributed by atoms with E-state index in [4.69, 9.17) is 5.11 Å². The number of aryl methyl sites for hydroxylation is 1. The summed E-state index contributed by atoms with van der Waals surface area (Å²) in [5.74, 6) is 0.389. The molecule has 0 saturated carbocycles. The van der Waals surface area contributed by atoms with E-state index < -0.39 is 5.97 Å². The van der Waals surface area contributed by atoms with Crippen LogP contribution in [0.3, 0.4) is 0 Å². The van der Waals surface area contributed by atoms with E-state index in [9.17, 15) is 4.79 Å². The van der Waals surface area contributed by atoms with Crippen LogP contribution in [-0.4, -0.2) is 31.6 Å². The zero-order chi connectivity index (χ0) is 16.9. The van der Waals surface area contributed by atoms with Gasteiger partial charge < -0.3 is 5.11 Å². The number of thioether (sulfide) groups is 1. The number of aliphatic carboxylic acids is 1. The monoisotopic (exact) mass is 339 g/mol. The summed E-state index contributed by atoms with van der Waals surface area (Å²) >= 11 is 1.40. The zero-order valence-electron chi connectivity index (χ0n) is 13.2. The molecule has 0 fully saturated rings. The first-order valence-corrected chi connectivity index (χ1v) is 8.56. The third kappa shape index (κ3) is 3.65. The van der Waals surface area contributed by atoms with Gasteiger partial charge in [-0.15, -0.1) is 10.2 Å². The molecule has 2 aromatic carbocycles. The Morgan fingerprint density at radius 1 is 1.08 bits per heavy atom. The van der Waals surface area contributed by atoms with E-state index >= 15 is 0 Å². The SMILES string of the molecule is Cc1ccc(-c2nnc(SCCC(=O)O)n2-c2ccccc2)cc1. The van der Waals surface area contributed by atoms with Crippen molar-refractivity contribution in [1.82, 2.24) is 14.8 Å². The van der Waals surface area contributed by atoms with Crippen molar-refractivity contribution in [3.63, 3.8) is 0 Å². The minimum atomic E-state index is -0.813. The van der Waals surface area contributed by atoms with E-state index in [1.807, 2.05) is 66.1 Å². The quantitative estimate of drug-likeness (QED) is 0.692. The molecule has 6 heteroatoms. The van der Waals surface area contributed by atoms with Crippen molar-refractivity contribution < 1.29 is 9.90 Å². The fourth-order valence-corrected chi connectivity index (χ4v) is 3.17. The Morgan fingerprint density at radius 2 is 1.79 bits per heavy atom. The lowest BCUT2D eigenvalue weighted by atomic mass is 10.1. The highest BCUT2D eigenvalue weighted by Gasteiger charge is 2.16. The standard InChI is InChI=1S/C18H17N3O2S/c1-13-7-9-14(10-8-13)17-19-20-18(24-12-11-16(22)23)21(17)15-5-3-2-4-6-15/h2-10H,11-12H2,1H3,(H,22,23). The van der Waals surface area contributed by atoms with E-state index in [0.717, 1.165) is 17.1 Å². The molecular formula is C18H17N3O2S. The fourth-order valence-electron chi connectivity index (χ4n) is 2.29. The predicted octanol–water partition coefficient (Wildman–Crippen LogP) is 3.81. The van der Waals surface area contributed by atoms with Crippen LogP contribution in [0.2, 0.25) is 0 Å². The molecule has 0 amide bonds. The third-order valence-electron chi connectivity index (χ3n) is 3.50. The third-order valence-corrected chi connectivity index (χ3v) is 4.44. The summed E-state index contributed by atoms with van der Waals surface area (Å²) in [5.41, 5.74) is 3.11. The lowest BCUT2D eigenvalue weighted by Gasteiger charge is -2.10. The van der Waals surface area contributed by atoms with Crippen LogP contribution in [0.4, 0.5) is 0 Å². The summed E-state index contributed by atoms with van der Waals surface area (Å²) in [7, 11) is 0. The van der Waals surface area contributed by atoms with Gasteiger partial charge >= 0.3 is 5.97 Å². The van der Waals surface area contributed by atoms with Crippen LogP contribution in [-0.2, 0) is 4.79 Å². The second kappa shape index (κ2) is 7.31. The molecule has 0 saturated heterocycles. The van der Waals surface area contributed by atoms with Crippen molar-refractivity contribution in [2.75, 3.05) is 5.75 Å². The second-order valence-electron chi connectivity index (χ2n) is 5.34. The smallest absolute Gasteiger partial charge is 0.304 e. The first kappa shape index (κ1) is 16.3. The number of carboxylic acid groups (broad SMARTS) is 1. The van der Waals surface area contributed by atoms with Gasteiger partial charge in [-0.05, 0) is 19.1 Å². The van der Waals surface area contributed by atoms with Crippen molar-refractivity contribution in [3.8, 4) is 17.1 Å². The second-order valence-corrected chi connectivity index (χ2v) is 6.40. The Kier molecular flexibility index (Phi) is 4.96. The van der Waals surface area contributed by atoms with Crippen LogP contribution >= 0.6 is 11.8 Å². The maximum atomic E-state index is 10.7. The van der Waals surface area contributed by atoms with Gasteiger partial charge in [-0.2, -0.15) is 0 Å². The molecule has 24 heavy (non-hydrogen) atoms. The Hall–Kier alpha value is -2.60. The van der Waals surface area contributed by atoms with Crippen LogP contribution < -0.4 is 0 Å². The molecule has 0 atom stereocenters. The maximum absolute atomic E-state index is 10.7. The first-order chi connectivity index (χ1) is 11.6. The van der Waals surface area contributed by atoms with Crippen LogP contribution in [0, 0.1) is 6.92 Å². The minimum absolute atomic E-state index is 0.0895. The van der Waals surface area contributed by atoms with E-state index in [-0.39, 0.29) is 6.42 Å². The minimum Gasteiger partial charge on any atom is -0.481 e. The highest BCUT2D eigenvalue weighted by Crippen LogP contribution is 2.28. The highest BCUT2D eigenvalue weighted by molar-refractivity contribution is 7.99. The number of carboxylic acids is 1. The molecule has 0 unspecified atom stereocenters. The fraction of sp³-hybridized carbons (Fsp3) is 0.167. The highest BCUT2D eigenvalue weighted by atomic mass is 32.2. The molecule has 0 spiro atoms. The Labute approximate surface area is 144 Å². The number of carbonyl (C=O) groups is 1. The number of rotatable bonds is 6. The number of para-hydroxylation sites is 1. The number of benzene rings is 2. The van der Waals surface area contributed by atoms with Crippen LogP contribution in [0.15, 0.2) is 59.8 Å². The molecule has 0 aliphatic carbocycles. The van der Waals surface area contributed by atoms with Gasteiger partial charge in [0.05, 0.1) is 6.42 Å². The lowest BCUT2D eigenvalue weighted by Crippen LogP contribution is -2.01. The number of hydrogen-bond donors (Lipinski definition) is 1. The number of aromatic nitrogens is 3. The summed E-state index contributed by atoms with van der Waals surface area (Å²) in [5, 5.41) is 18.1. The summed E-state index contributed by atoms with van der Waals surface area (Å²) in [4.78, 5) is 10.7. The summed E-state index contributed by atoms with van der Waals surface area (Å²) in [6.07, 6.45) is 0.0895. The van der Waals surface area contributed by atoms with Gasteiger partial charge in [0.15, 0.2) is 11.0 Å². The molecule has 0 radical (unpaired) electrons. The Bertz CT molecular complexity index is 829. The largest absolute Gasteiger partial charge is 0.481 e. The van der Waals surface area contributed by atoms with Gasteiger partial charge in [0.25, 0.3) is 0 Å². The summed E-state index contributed by atoms with van der Waals surface area (Å²) in [6, 6.07) is 18.0. The number of hydrogen-bond acceptors (Lipinski definition) is 4. The molecule has 0 aliphatic rings. The summed E-state index contributed by atoms with van der Waals surface area (Å²) < 4.78 is 1.97. The van der Waals surface area contributed by atoms with Crippen LogP contribution in [0.1, 0.15) is 12.0 Å². The predicted molar refractivity (Wildman–Crippen MR) is 94.5 cm³/mol. The topological polar surface area (TPSA) is 68.0 Å². The van der Waals surface area contributed by atoms with E-state index in [1.54, 1.807) is 0 Å². The molecular weight excluding hydrogens is 322 g/mol. The Morgan fingerprint density at radius 3 is 2.46 bits per heavy atom. The molecule has 122 valence electrons. The van der Waals surface area contributed by atoms with Crippen molar-refractivity contribution in [2.24, 2.45) is 0 Å². The number of nitrogens with zero attached hydrogens (tertiary/aromatic N) is 3. The normalized spacial score (nSPS) is 10.7. The molecule has 1 heterocycles. The van der Waals surface area contributed by atoms with Gasteiger partial charge in [0, 0.05) is 17.0 Å². The van der Waals surface area contributed by atoms with Crippen molar-refractivity contribution in [2.45, 2.75) is 18.5 Å². The van der Waals surface area contributed by atoms with Crippen molar-refractivity contribution in [3.05, 3.63) is 60.2 Å². The van der Waals surface area contributed by atoms with Crippen molar-refractivity contribution >= 4 is 17.7 Å². The molecule has 5 nitrogen and oxygen atoms in total. The van der Waals surface area contributed by atoms with Crippen molar-refractivity contribution in [1.29, 1.82) is 0 Å². The summed E-state index contributed by atoms with van der Waals surface area (Å²) in [6.45, 7) is 2.04. The van der Waals surface area contributed by atoms with E-state index in [2.05, 4.69) is 10.2 Å². The average molecular weight is 339 g/mol.